The van der Waals surface area contributed by atoms with Gasteiger partial charge in [-0.25, -0.2) is 18.6 Å². The topological polar surface area (TPSA) is 65.2 Å². The number of aromatic nitrogens is 1. The number of ether oxygens (including phenoxy) is 1. The second-order valence-electron chi connectivity index (χ2n) is 2.85. The highest BCUT2D eigenvalue weighted by Gasteiger charge is 2.21. The molecule has 0 aliphatic heterocycles. The van der Waals surface area contributed by atoms with E-state index in [4.69, 9.17) is 5.73 Å². The molecule has 4 nitrogen and oxygen atoms in total. The first-order chi connectivity index (χ1) is 7.52. The highest BCUT2D eigenvalue weighted by Crippen LogP contribution is 2.27. The predicted molar refractivity (Wildman–Crippen MR) is 61.1 cm³/mol. The number of carbonyl (C=O) groups is 1. The molecule has 0 aromatic carbocycles. The molecule has 1 heterocycles. The Bertz CT molecular complexity index is 413. The van der Waals surface area contributed by atoms with E-state index in [9.17, 15) is 13.6 Å². The van der Waals surface area contributed by atoms with Crippen molar-refractivity contribution in [3.63, 3.8) is 0 Å². The smallest absolute Gasteiger partial charge is 0.357 e. The summed E-state index contributed by atoms with van der Waals surface area (Å²) in [7, 11) is 1.20. The summed E-state index contributed by atoms with van der Waals surface area (Å²) in [6.07, 6.45) is -1.70. The normalized spacial score (nSPS) is 10.6. The largest absolute Gasteiger partial charge is 0.464 e. The van der Waals surface area contributed by atoms with Crippen LogP contribution in [0, 0.1) is 3.57 Å². The van der Waals surface area contributed by atoms with Crippen LogP contribution in [-0.4, -0.2) is 18.1 Å². The van der Waals surface area contributed by atoms with E-state index in [1.54, 1.807) is 22.6 Å². The van der Waals surface area contributed by atoms with E-state index in [0.717, 1.165) is 6.20 Å². The molecule has 0 bridgehead atoms. The Hall–Kier alpha value is -0.830. The van der Waals surface area contributed by atoms with Gasteiger partial charge in [-0.3, -0.25) is 0 Å². The predicted octanol–water partition coefficient (Wildman–Crippen LogP) is 1.87. The Balaban J connectivity index is 3.34. The molecule has 1 rings (SSSR count). The van der Waals surface area contributed by atoms with Gasteiger partial charge in [-0.05, 0) is 28.2 Å². The van der Waals surface area contributed by atoms with E-state index >= 15 is 0 Å². The number of hydrogen-bond acceptors (Lipinski definition) is 4. The van der Waals surface area contributed by atoms with Crippen LogP contribution in [0.5, 0.6) is 0 Å². The fraction of sp³-hybridized carbons (Fsp3) is 0.333. The van der Waals surface area contributed by atoms with Crippen LogP contribution >= 0.6 is 22.6 Å². The van der Waals surface area contributed by atoms with Gasteiger partial charge in [0.05, 0.1) is 10.7 Å². The third-order valence-corrected chi connectivity index (χ3v) is 3.13. The zero-order chi connectivity index (χ0) is 12.3. The van der Waals surface area contributed by atoms with Gasteiger partial charge in [0, 0.05) is 18.3 Å². The molecule has 0 aliphatic rings. The highest BCUT2D eigenvalue weighted by molar-refractivity contribution is 14.1. The Labute approximate surface area is 104 Å². The Morgan fingerprint density at radius 2 is 2.31 bits per heavy atom. The molecule has 0 saturated carbocycles. The number of methoxy groups -OCH3 is 1. The monoisotopic (exact) mass is 342 g/mol. The first-order valence-corrected chi connectivity index (χ1v) is 5.34. The lowest BCUT2D eigenvalue weighted by molar-refractivity contribution is 0.0591. The minimum absolute atomic E-state index is 0.00736. The summed E-state index contributed by atoms with van der Waals surface area (Å²) in [6, 6.07) is 0. The first-order valence-electron chi connectivity index (χ1n) is 4.26. The number of pyridine rings is 1. The third kappa shape index (κ3) is 2.46. The summed E-state index contributed by atoms with van der Waals surface area (Å²) in [4.78, 5) is 14.9. The quantitative estimate of drug-likeness (QED) is 0.673. The maximum Gasteiger partial charge on any atom is 0.357 e. The van der Waals surface area contributed by atoms with Gasteiger partial charge in [-0.1, -0.05) is 0 Å². The van der Waals surface area contributed by atoms with Crippen molar-refractivity contribution in [3.8, 4) is 0 Å². The van der Waals surface area contributed by atoms with Crippen LogP contribution in [-0.2, 0) is 11.3 Å². The Morgan fingerprint density at radius 3 is 2.75 bits per heavy atom. The van der Waals surface area contributed by atoms with E-state index in [0.29, 0.717) is 3.57 Å². The molecular formula is C9H9F2IN2O2. The van der Waals surface area contributed by atoms with Crippen LogP contribution in [0.3, 0.4) is 0 Å². The van der Waals surface area contributed by atoms with Crippen LogP contribution < -0.4 is 5.73 Å². The van der Waals surface area contributed by atoms with Gasteiger partial charge >= 0.3 is 5.97 Å². The van der Waals surface area contributed by atoms with Crippen molar-refractivity contribution >= 4 is 28.6 Å². The number of esters is 1. The first kappa shape index (κ1) is 13.2. The van der Waals surface area contributed by atoms with Crippen molar-refractivity contribution in [2.75, 3.05) is 7.11 Å². The number of carbonyl (C=O) groups excluding carboxylic acids is 1. The summed E-state index contributed by atoms with van der Waals surface area (Å²) in [5, 5.41) is 0. The molecule has 0 atom stereocenters. The molecule has 7 heteroatoms. The fourth-order valence-corrected chi connectivity index (χ4v) is 2.06. The van der Waals surface area contributed by atoms with E-state index in [1.165, 1.54) is 7.11 Å². The molecule has 88 valence electrons. The Kier molecular flexibility index (Phi) is 4.54. The van der Waals surface area contributed by atoms with Crippen LogP contribution in [0.2, 0.25) is 0 Å². The molecule has 0 spiro atoms. The zero-order valence-electron chi connectivity index (χ0n) is 8.34. The standard InChI is InChI=1S/C9H9F2IN2O2/c1-16-9(15)7-6(12)4(2-13)5(3-14-7)8(10)11/h3,8H,2,13H2,1H3. The van der Waals surface area contributed by atoms with Crippen molar-refractivity contribution in [1.82, 2.24) is 4.98 Å². The van der Waals surface area contributed by atoms with E-state index in [-0.39, 0.29) is 23.4 Å². The molecule has 0 unspecified atom stereocenters. The molecule has 16 heavy (non-hydrogen) atoms. The van der Waals surface area contributed by atoms with Gasteiger partial charge in [0.25, 0.3) is 6.43 Å². The average Bonchev–Trinajstić information content (AvgIpc) is 2.27. The van der Waals surface area contributed by atoms with Crippen molar-refractivity contribution < 1.29 is 18.3 Å². The minimum Gasteiger partial charge on any atom is -0.464 e. The number of halogens is 3. The van der Waals surface area contributed by atoms with E-state index in [2.05, 4.69) is 9.72 Å². The van der Waals surface area contributed by atoms with Crippen LogP contribution in [0.25, 0.3) is 0 Å². The second-order valence-corrected chi connectivity index (χ2v) is 3.93. The number of nitrogens with two attached hydrogens (primary N) is 1. The summed E-state index contributed by atoms with van der Waals surface area (Å²) >= 11 is 1.76. The number of hydrogen-bond donors (Lipinski definition) is 1. The van der Waals surface area contributed by atoms with Crippen molar-refractivity contribution in [3.05, 3.63) is 26.6 Å². The van der Waals surface area contributed by atoms with Crippen LogP contribution in [0.4, 0.5) is 8.78 Å². The third-order valence-electron chi connectivity index (χ3n) is 1.97. The summed E-state index contributed by atoms with van der Waals surface area (Å²) < 4.78 is 30.0. The van der Waals surface area contributed by atoms with Crippen LogP contribution in [0.1, 0.15) is 28.0 Å². The van der Waals surface area contributed by atoms with Gasteiger partial charge in [-0.15, -0.1) is 0 Å². The number of nitrogens with zero attached hydrogens (tertiary/aromatic N) is 1. The molecule has 1 aromatic rings. The summed E-state index contributed by atoms with van der Waals surface area (Å²) in [6.45, 7) is -0.0789. The van der Waals surface area contributed by atoms with Gasteiger partial charge in [0.15, 0.2) is 5.69 Å². The van der Waals surface area contributed by atoms with E-state index in [1.807, 2.05) is 0 Å². The van der Waals surface area contributed by atoms with E-state index < -0.39 is 12.4 Å². The van der Waals surface area contributed by atoms with Gasteiger partial charge < -0.3 is 10.5 Å². The Morgan fingerprint density at radius 1 is 1.69 bits per heavy atom. The van der Waals surface area contributed by atoms with Crippen molar-refractivity contribution in [1.29, 1.82) is 0 Å². The van der Waals surface area contributed by atoms with Gasteiger partial charge in [-0.2, -0.15) is 0 Å². The average molecular weight is 342 g/mol. The molecular weight excluding hydrogens is 333 g/mol. The molecule has 1 aromatic heterocycles. The second kappa shape index (κ2) is 5.48. The lowest BCUT2D eigenvalue weighted by Gasteiger charge is -2.11. The summed E-state index contributed by atoms with van der Waals surface area (Å²) in [5.74, 6) is -0.667. The zero-order valence-corrected chi connectivity index (χ0v) is 10.5. The van der Waals surface area contributed by atoms with Crippen molar-refractivity contribution in [2.24, 2.45) is 5.73 Å². The molecule has 0 fully saturated rings. The summed E-state index contributed by atoms with van der Waals surface area (Å²) in [5.41, 5.74) is 5.37. The lowest BCUT2D eigenvalue weighted by atomic mass is 10.1. The molecule has 0 radical (unpaired) electrons. The highest BCUT2D eigenvalue weighted by atomic mass is 127. The number of alkyl halides is 2. The van der Waals surface area contributed by atoms with Gasteiger partial charge in [0.1, 0.15) is 0 Å². The maximum atomic E-state index is 12.6. The molecule has 2 N–H and O–H groups in total. The molecule has 0 saturated heterocycles. The SMILES string of the molecule is COC(=O)c1ncc(C(F)F)c(CN)c1I. The minimum atomic E-state index is -2.66. The van der Waals surface area contributed by atoms with Gasteiger partial charge in [0.2, 0.25) is 0 Å². The fourth-order valence-electron chi connectivity index (χ4n) is 1.17. The van der Waals surface area contributed by atoms with Crippen LogP contribution in [0.15, 0.2) is 6.20 Å². The number of rotatable bonds is 3. The lowest BCUT2D eigenvalue weighted by Crippen LogP contribution is -2.13. The van der Waals surface area contributed by atoms with Crippen molar-refractivity contribution in [2.45, 2.75) is 13.0 Å². The molecule has 0 aliphatic carbocycles. The maximum absolute atomic E-state index is 12.6. The molecule has 0 amide bonds.